The molecule has 9 heteroatoms. The molecule has 0 bridgehead atoms. The molecule has 0 saturated carbocycles. The van der Waals surface area contributed by atoms with Crippen LogP contribution in [0.5, 0.6) is 0 Å². The molecule has 0 radical (unpaired) electrons. The zero-order valence-electron chi connectivity index (χ0n) is 18.7. The molecular weight excluding hydrogens is 454 g/mol. The van der Waals surface area contributed by atoms with Crippen molar-refractivity contribution in [3.05, 3.63) is 83.9 Å². The lowest BCUT2D eigenvalue weighted by atomic mass is 10.0. The second-order valence-electron chi connectivity index (χ2n) is 7.29. The summed E-state index contributed by atoms with van der Waals surface area (Å²) in [6.45, 7) is 1.36. The van der Waals surface area contributed by atoms with E-state index in [1.807, 2.05) is 36.4 Å². The SMILES string of the molecule is CCOC(=O)c1cc(-c2ccccc2)ccc1NC(=O)CN(C)S(=O)(=O)c1ccc(C#N)cc1. The summed E-state index contributed by atoms with van der Waals surface area (Å²) in [5, 5.41) is 11.5. The normalized spacial score (nSPS) is 11.0. The van der Waals surface area contributed by atoms with Gasteiger partial charge >= 0.3 is 5.97 Å². The molecular formula is C25H23N3O5S. The number of rotatable bonds is 8. The molecule has 8 nitrogen and oxygen atoms in total. The van der Waals surface area contributed by atoms with Gasteiger partial charge in [-0.1, -0.05) is 36.4 Å². The first-order chi connectivity index (χ1) is 16.3. The van der Waals surface area contributed by atoms with Crippen molar-refractivity contribution in [2.75, 3.05) is 25.5 Å². The Morgan fingerprint density at radius 3 is 2.29 bits per heavy atom. The van der Waals surface area contributed by atoms with Crippen LogP contribution in [0, 0.1) is 11.3 Å². The number of amides is 1. The van der Waals surface area contributed by atoms with Gasteiger partial charge in [-0.2, -0.15) is 9.57 Å². The number of nitriles is 1. The summed E-state index contributed by atoms with van der Waals surface area (Å²) in [6.07, 6.45) is 0. The number of nitrogens with one attached hydrogen (secondary N) is 1. The van der Waals surface area contributed by atoms with Gasteiger partial charge in [0.2, 0.25) is 15.9 Å². The van der Waals surface area contributed by atoms with Gasteiger partial charge in [0.1, 0.15) is 0 Å². The Morgan fingerprint density at radius 2 is 1.68 bits per heavy atom. The summed E-state index contributed by atoms with van der Waals surface area (Å²) >= 11 is 0. The Morgan fingerprint density at radius 1 is 1.00 bits per heavy atom. The first-order valence-electron chi connectivity index (χ1n) is 10.4. The van der Waals surface area contributed by atoms with Crippen LogP contribution in [0.25, 0.3) is 11.1 Å². The van der Waals surface area contributed by atoms with Crippen LogP contribution in [0.15, 0.2) is 77.7 Å². The van der Waals surface area contributed by atoms with Crippen LogP contribution in [0.1, 0.15) is 22.8 Å². The number of ether oxygens (including phenoxy) is 1. The molecule has 174 valence electrons. The highest BCUT2D eigenvalue weighted by atomic mass is 32.2. The first kappa shape index (κ1) is 24.6. The fourth-order valence-electron chi connectivity index (χ4n) is 3.20. The number of anilines is 1. The number of hydrogen-bond donors (Lipinski definition) is 1. The van der Waals surface area contributed by atoms with Crippen molar-refractivity contribution in [3.63, 3.8) is 0 Å². The van der Waals surface area contributed by atoms with E-state index in [1.54, 1.807) is 25.1 Å². The van der Waals surface area contributed by atoms with Crippen molar-refractivity contribution in [2.45, 2.75) is 11.8 Å². The van der Waals surface area contributed by atoms with Gasteiger partial charge in [0, 0.05) is 7.05 Å². The minimum absolute atomic E-state index is 0.0405. The summed E-state index contributed by atoms with van der Waals surface area (Å²) in [5.41, 5.74) is 2.35. The van der Waals surface area contributed by atoms with Gasteiger partial charge in [0.25, 0.3) is 0 Å². The molecule has 34 heavy (non-hydrogen) atoms. The van der Waals surface area contributed by atoms with Crippen LogP contribution in [-0.2, 0) is 19.6 Å². The maximum Gasteiger partial charge on any atom is 0.340 e. The van der Waals surface area contributed by atoms with Crippen LogP contribution in [-0.4, -0.2) is 44.8 Å². The average molecular weight is 478 g/mol. The van der Waals surface area contributed by atoms with E-state index in [-0.39, 0.29) is 22.8 Å². The first-order valence-corrected chi connectivity index (χ1v) is 11.8. The minimum atomic E-state index is -3.96. The third-order valence-corrected chi connectivity index (χ3v) is 6.77. The zero-order chi connectivity index (χ0) is 24.7. The molecule has 3 aromatic rings. The summed E-state index contributed by atoms with van der Waals surface area (Å²) in [7, 11) is -2.68. The highest BCUT2D eigenvalue weighted by molar-refractivity contribution is 7.89. The van der Waals surface area contributed by atoms with Gasteiger partial charge in [-0.3, -0.25) is 4.79 Å². The van der Waals surface area contributed by atoms with Crippen LogP contribution in [0.3, 0.4) is 0 Å². The lowest BCUT2D eigenvalue weighted by Gasteiger charge is -2.18. The van der Waals surface area contributed by atoms with Crippen molar-refractivity contribution in [1.29, 1.82) is 5.26 Å². The van der Waals surface area contributed by atoms with Crippen LogP contribution >= 0.6 is 0 Å². The molecule has 0 unspecified atom stereocenters. The van der Waals surface area contributed by atoms with Gasteiger partial charge in [-0.05, 0) is 54.4 Å². The molecule has 0 aliphatic carbocycles. The van der Waals surface area contributed by atoms with E-state index < -0.39 is 28.4 Å². The third kappa shape index (κ3) is 5.67. The molecule has 1 amide bonds. The third-order valence-electron chi connectivity index (χ3n) is 4.95. The fraction of sp³-hybridized carbons (Fsp3) is 0.160. The Labute approximate surface area is 198 Å². The van der Waals surface area contributed by atoms with E-state index in [4.69, 9.17) is 10.00 Å². The van der Waals surface area contributed by atoms with E-state index >= 15 is 0 Å². The van der Waals surface area contributed by atoms with Gasteiger partial charge in [-0.15, -0.1) is 0 Å². The number of carbonyl (C=O) groups excluding carboxylic acids is 2. The summed E-state index contributed by atoms with van der Waals surface area (Å²) in [4.78, 5) is 25.2. The van der Waals surface area contributed by atoms with Gasteiger partial charge < -0.3 is 10.1 Å². The Kier molecular flexibility index (Phi) is 7.79. The highest BCUT2D eigenvalue weighted by Gasteiger charge is 2.24. The largest absolute Gasteiger partial charge is 0.462 e. The fourth-order valence-corrected chi connectivity index (χ4v) is 4.33. The second-order valence-corrected chi connectivity index (χ2v) is 9.34. The molecule has 0 aliphatic heterocycles. The van der Waals surface area contributed by atoms with Crippen LogP contribution < -0.4 is 5.32 Å². The van der Waals surface area contributed by atoms with Crippen molar-refractivity contribution >= 4 is 27.6 Å². The molecule has 0 aliphatic rings. The number of carbonyl (C=O) groups is 2. The predicted octanol–water partition coefficient (Wildman–Crippen LogP) is 3.66. The van der Waals surface area contributed by atoms with Crippen molar-refractivity contribution in [1.82, 2.24) is 4.31 Å². The molecule has 0 spiro atoms. The maximum atomic E-state index is 12.8. The lowest BCUT2D eigenvalue weighted by molar-refractivity contribution is -0.116. The Bertz CT molecular complexity index is 1330. The van der Waals surface area contributed by atoms with E-state index in [1.165, 1.54) is 31.3 Å². The van der Waals surface area contributed by atoms with Crippen molar-refractivity contribution in [3.8, 4) is 17.2 Å². The molecule has 0 fully saturated rings. The number of likely N-dealkylation sites (N-methyl/N-ethyl adjacent to an activating group) is 1. The monoisotopic (exact) mass is 477 g/mol. The molecule has 3 aromatic carbocycles. The molecule has 3 rings (SSSR count). The number of esters is 1. The predicted molar refractivity (Wildman–Crippen MR) is 127 cm³/mol. The molecule has 0 heterocycles. The van der Waals surface area contributed by atoms with E-state index in [9.17, 15) is 18.0 Å². The topological polar surface area (TPSA) is 117 Å². The van der Waals surface area contributed by atoms with E-state index in [2.05, 4.69) is 5.32 Å². The molecule has 0 atom stereocenters. The molecule has 0 aromatic heterocycles. The van der Waals surface area contributed by atoms with Gasteiger partial charge in [0.15, 0.2) is 0 Å². The zero-order valence-corrected chi connectivity index (χ0v) is 19.5. The summed E-state index contributed by atoms with van der Waals surface area (Å²) < 4.78 is 31.6. The number of benzene rings is 3. The molecule has 1 N–H and O–H groups in total. The Hall–Kier alpha value is -4.00. The standard InChI is InChI=1S/C25H23N3O5S/c1-3-33-25(30)22-15-20(19-7-5-4-6-8-19)11-14-23(22)27-24(29)17-28(2)34(31,32)21-12-9-18(16-26)10-13-21/h4-15H,3,17H2,1-2H3,(H,27,29). The van der Waals surface area contributed by atoms with Crippen molar-refractivity contribution in [2.24, 2.45) is 0 Å². The van der Waals surface area contributed by atoms with Gasteiger partial charge in [-0.25, -0.2) is 13.2 Å². The average Bonchev–Trinajstić information content (AvgIpc) is 2.84. The quantitative estimate of drug-likeness (QED) is 0.495. The lowest BCUT2D eigenvalue weighted by Crippen LogP contribution is -2.35. The second kappa shape index (κ2) is 10.7. The number of hydrogen-bond acceptors (Lipinski definition) is 6. The van der Waals surface area contributed by atoms with Gasteiger partial charge in [0.05, 0.1) is 40.9 Å². The smallest absolute Gasteiger partial charge is 0.340 e. The van der Waals surface area contributed by atoms with Crippen LogP contribution in [0.4, 0.5) is 5.69 Å². The highest BCUT2D eigenvalue weighted by Crippen LogP contribution is 2.26. The maximum absolute atomic E-state index is 12.8. The number of sulfonamides is 1. The van der Waals surface area contributed by atoms with Crippen molar-refractivity contribution < 1.29 is 22.7 Å². The van der Waals surface area contributed by atoms with E-state index in [0.717, 1.165) is 15.4 Å². The van der Waals surface area contributed by atoms with E-state index in [0.29, 0.717) is 5.56 Å². The Balaban J connectivity index is 1.81. The number of nitrogens with zero attached hydrogens (tertiary/aromatic N) is 2. The minimum Gasteiger partial charge on any atom is -0.462 e. The summed E-state index contributed by atoms with van der Waals surface area (Å²) in [6, 6.07) is 21.7. The summed E-state index contributed by atoms with van der Waals surface area (Å²) in [5.74, 6) is -1.23. The van der Waals surface area contributed by atoms with Crippen LogP contribution in [0.2, 0.25) is 0 Å². The molecule has 0 saturated heterocycles.